The van der Waals surface area contributed by atoms with Gasteiger partial charge in [-0.3, -0.25) is 14.3 Å². The molecule has 0 bridgehead atoms. The van der Waals surface area contributed by atoms with Crippen LogP contribution in [0, 0.1) is 23.7 Å². The normalized spacial score (nSPS) is 29.0. The lowest BCUT2D eigenvalue weighted by atomic mass is 9.65. The number of phenols is 1. The number of benzene rings is 1. The number of thiophene rings is 1. The van der Waals surface area contributed by atoms with Crippen molar-refractivity contribution in [2.45, 2.75) is 56.5 Å². The Morgan fingerprint density at radius 2 is 2.06 bits per heavy atom. The van der Waals surface area contributed by atoms with Crippen LogP contribution in [0.4, 0.5) is 0 Å². The Morgan fingerprint density at radius 3 is 2.73 bits per heavy atom. The maximum absolute atomic E-state index is 12.7. The maximum atomic E-state index is 12.7. The SMILES string of the molecule is CN1C2CCCC3CCC321.O=c1c2sc(C#CC3CC3)cc2ncn1-c1ccc(O)c(Br)c1. The summed E-state index contributed by atoms with van der Waals surface area (Å²) in [6, 6.07) is 7.78. The van der Waals surface area contributed by atoms with Crippen molar-refractivity contribution in [2.24, 2.45) is 11.8 Å². The fourth-order valence-electron chi connectivity index (χ4n) is 5.71. The van der Waals surface area contributed by atoms with Crippen molar-refractivity contribution >= 4 is 37.5 Å². The Bertz CT molecular complexity index is 1360. The molecule has 0 radical (unpaired) electrons. The van der Waals surface area contributed by atoms with E-state index < -0.39 is 0 Å². The van der Waals surface area contributed by atoms with E-state index in [-0.39, 0.29) is 11.3 Å². The van der Waals surface area contributed by atoms with E-state index in [9.17, 15) is 9.90 Å². The maximum Gasteiger partial charge on any atom is 0.275 e. The molecule has 1 saturated heterocycles. The van der Waals surface area contributed by atoms with Gasteiger partial charge in [0.25, 0.3) is 5.56 Å². The summed E-state index contributed by atoms with van der Waals surface area (Å²) < 4.78 is 2.60. The third-order valence-electron chi connectivity index (χ3n) is 7.89. The minimum absolute atomic E-state index is 0.128. The van der Waals surface area contributed by atoms with Crippen LogP contribution in [0.2, 0.25) is 0 Å². The highest BCUT2D eigenvalue weighted by atomic mass is 79.9. The Hall–Kier alpha value is -2.14. The zero-order valence-electron chi connectivity index (χ0n) is 18.6. The standard InChI is InChI=1S/C17H11BrN2O2S.C9H15N/c18-13-7-11(4-6-15(13)21)20-9-19-14-8-12(5-3-10-1-2-10)23-16(14)17(20)22;1-10-8-4-2-3-7-5-6-9(7,8)10/h4,6-10,21H,1-2H2;7-8H,2-6H2,1H3. The third-order valence-corrected chi connectivity index (χ3v) is 9.55. The van der Waals surface area contributed by atoms with Crippen molar-refractivity contribution in [3.63, 3.8) is 0 Å². The number of fused-ring (bicyclic) bond motifs is 1. The number of aromatic hydroxyl groups is 1. The van der Waals surface area contributed by atoms with E-state index in [4.69, 9.17) is 0 Å². The Morgan fingerprint density at radius 1 is 1.21 bits per heavy atom. The average Bonchev–Trinajstić information content (AvgIpc) is 3.68. The van der Waals surface area contributed by atoms with E-state index in [0.29, 0.717) is 26.3 Å². The van der Waals surface area contributed by atoms with E-state index in [1.165, 1.54) is 73.2 Å². The number of hydrogen-bond acceptors (Lipinski definition) is 5. The van der Waals surface area contributed by atoms with Gasteiger partial charge in [-0.05, 0) is 91.7 Å². The van der Waals surface area contributed by atoms with Crippen LogP contribution in [-0.2, 0) is 0 Å². The quantitative estimate of drug-likeness (QED) is 0.346. The highest BCUT2D eigenvalue weighted by Crippen LogP contribution is 2.63. The fraction of sp³-hybridized carbons (Fsp3) is 0.462. The van der Waals surface area contributed by atoms with Crippen LogP contribution in [0.25, 0.3) is 15.9 Å². The molecule has 7 heteroatoms. The zero-order valence-corrected chi connectivity index (χ0v) is 21.0. The van der Waals surface area contributed by atoms with E-state index in [2.05, 4.69) is 44.7 Å². The molecule has 33 heavy (non-hydrogen) atoms. The van der Waals surface area contributed by atoms with Crippen molar-refractivity contribution in [3.8, 4) is 23.3 Å². The number of likely N-dealkylation sites (tertiary alicyclic amines) is 1. The van der Waals surface area contributed by atoms with Crippen molar-refractivity contribution in [1.82, 2.24) is 14.5 Å². The first kappa shape index (κ1) is 21.4. The number of nitrogens with zero attached hydrogens (tertiary/aromatic N) is 3. The Labute approximate surface area is 205 Å². The van der Waals surface area contributed by atoms with Crippen LogP contribution < -0.4 is 5.56 Å². The molecule has 3 saturated carbocycles. The second-order valence-corrected chi connectivity index (χ2v) is 11.6. The van der Waals surface area contributed by atoms with Gasteiger partial charge in [0.2, 0.25) is 0 Å². The smallest absolute Gasteiger partial charge is 0.275 e. The van der Waals surface area contributed by atoms with E-state index >= 15 is 0 Å². The molecule has 5 nitrogen and oxygen atoms in total. The number of rotatable bonds is 1. The van der Waals surface area contributed by atoms with Crippen molar-refractivity contribution in [3.05, 3.63) is 50.3 Å². The molecule has 3 aromatic rings. The Balaban J connectivity index is 0.000000169. The molecule has 3 aliphatic carbocycles. The summed E-state index contributed by atoms with van der Waals surface area (Å²) in [7, 11) is 2.32. The van der Waals surface area contributed by atoms with Crippen LogP contribution in [0.3, 0.4) is 0 Å². The molecular formula is C26H26BrN3O2S. The molecule has 2 aromatic heterocycles. The highest BCUT2D eigenvalue weighted by Gasteiger charge is 2.69. The van der Waals surface area contributed by atoms with Gasteiger partial charge in [0.05, 0.1) is 20.6 Å². The zero-order chi connectivity index (χ0) is 22.7. The van der Waals surface area contributed by atoms with Crippen molar-refractivity contribution < 1.29 is 5.11 Å². The summed E-state index contributed by atoms with van der Waals surface area (Å²) in [6.45, 7) is 0. The third kappa shape index (κ3) is 3.63. The molecule has 4 unspecified atom stereocenters. The molecule has 4 fully saturated rings. The molecule has 170 valence electrons. The molecule has 1 N–H and O–H groups in total. The minimum atomic E-state index is -0.128. The number of halogens is 1. The minimum Gasteiger partial charge on any atom is -0.507 e. The number of phenolic OH excluding ortho intramolecular Hbond substituents is 1. The van der Waals surface area contributed by atoms with Gasteiger partial charge in [0.15, 0.2) is 0 Å². The van der Waals surface area contributed by atoms with E-state index in [1.807, 2.05) is 6.07 Å². The molecule has 1 spiro atoms. The predicted octanol–water partition coefficient (Wildman–Crippen LogP) is 5.31. The predicted molar refractivity (Wildman–Crippen MR) is 135 cm³/mol. The molecule has 0 amide bonds. The summed E-state index contributed by atoms with van der Waals surface area (Å²) >= 11 is 4.64. The lowest BCUT2D eigenvalue weighted by molar-refractivity contribution is 0.145. The summed E-state index contributed by atoms with van der Waals surface area (Å²) in [5.41, 5.74) is 1.97. The van der Waals surface area contributed by atoms with Crippen LogP contribution in [0.15, 0.2) is 39.9 Å². The lowest BCUT2D eigenvalue weighted by Gasteiger charge is -2.40. The first-order chi connectivity index (χ1) is 16.0. The van der Waals surface area contributed by atoms with Crippen molar-refractivity contribution in [2.75, 3.05) is 7.05 Å². The van der Waals surface area contributed by atoms with Gasteiger partial charge < -0.3 is 5.11 Å². The van der Waals surface area contributed by atoms with E-state index in [1.54, 1.807) is 12.1 Å². The van der Waals surface area contributed by atoms with Gasteiger partial charge in [-0.15, -0.1) is 11.3 Å². The van der Waals surface area contributed by atoms with Gasteiger partial charge >= 0.3 is 0 Å². The summed E-state index contributed by atoms with van der Waals surface area (Å²) in [6.07, 6.45) is 11.4. The monoisotopic (exact) mass is 523 g/mol. The molecule has 4 aliphatic rings. The molecule has 1 aromatic carbocycles. The lowest BCUT2D eigenvalue weighted by Crippen LogP contribution is -2.41. The van der Waals surface area contributed by atoms with Crippen LogP contribution in [-0.4, -0.2) is 38.2 Å². The molecule has 4 atom stereocenters. The topological polar surface area (TPSA) is 58.1 Å². The van der Waals surface area contributed by atoms with Crippen LogP contribution in [0.1, 0.15) is 49.8 Å². The second-order valence-electron chi connectivity index (χ2n) is 9.71. The Kier molecular flexibility index (Phi) is 5.17. The van der Waals surface area contributed by atoms with E-state index in [0.717, 1.165) is 22.4 Å². The molecule has 7 rings (SSSR count). The van der Waals surface area contributed by atoms with Gasteiger partial charge in [-0.2, -0.15) is 0 Å². The van der Waals surface area contributed by atoms with Gasteiger partial charge in [-0.1, -0.05) is 18.3 Å². The van der Waals surface area contributed by atoms with Crippen LogP contribution in [0.5, 0.6) is 5.75 Å². The van der Waals surface area contributed by atoms with Gasteiger partial charge in [0, 0.05) is 17.5 Å². The summed E-state index contributed by atoms with van der Waals surface area (Å²) in [4.78, 5) is 20.6. The van der Waals surface area contributed by atoms with Gasteiger partial charge in [0.1, 0.15) is 16.8 Å². The second kappa shape index (κ2) is 7.97. The van der Waals surface area contributed by atoms with Crippen LogP contribution >= 0.6 is 27.3 Å². The summed E-state index contributed by atoms with van der Waals surface area (Å²) in [5, 5.41) is 9.58. The molecule has 1 aliphatic heterocycles. The first-order valence-electron chi connectivity index (χ1n) is 11.7. The highest BCUT2D eigenvalue weighted by molar-refractivity contribution is 9.10. The average molecular weight is 524 g/mol. The summed E-state index contributed by atoms with van der Waals surface area (Å²) in [5.74, 6) is 8.11. The molecular weight excluding hydrogens is 498 g/mol. The van der Waals surface area contributed by atoms with Gasteiger partial charge in [-0.25, -0.2) is 4.98 Å². The number of aromatic nitrogens is 2. The number of hydrogen-bond donors (Lipinski definition) is 1. The fourth-order valence-corrected chi connectivity index (χ4v) is 6.98. The molecule has 3 heterocycles. The largest absolute Gasteiger partial charge is 0.507 e. The van der Waals surface area contributed by atoms with Crippen molar-refractivity contribution in [1.29, 1.82) is 0 Å². The first-order valence-corrected chi connectivity index (χ1v) is 13.3. The number of likely N-dealkylation sites (N-methyl/N-ethyl adjacent to an activating group) is 1.